The molecule has 3 aromatic rings. The summed E-state index contributed by atoms with van der Waals surface area (Å²) >= 11 is 0. The lowest BCUT2D eigenvalue weighted by atomic mass is 10.0. The van der Waals surface area contributed by atoms with Gasteiger partial charge in [0.25, 0.3) is 0 Å². The van der Waals surface area contributed by atoms with E-state index in [9.17, 15) is 8.42 Å². The zero-order valence-corrected chi connectivity index (χ0v) is 17.8. The number of aromatic amines is 1. The molecule has 2 unspecified atom stereocenters. The number of benzene rings is 1. The van der Waals surface area contributed by atoms with Crippen molar-refractivity contribution in [3.8, 4) is 17.0 Å². The van der Waals surface area contributed by atoms with E-state index in [-0.39, 0.29) is 23.1 Å². The van der Waals surface area contributed by atoms with Gasteiger partial charge in [0, 0.05) is 31.7 Å². The highest BCUT2D eigenvalue weighted by molar-refractivity contribution is 7.89. The lowest BCUT2D eigenvalue weighted by Crippen LogP contribution is -2.27. The van der Waals surface area contributed by atoms with Crippen molar-refractivity contribution in [3.63, 3.8) is 0 Å². The maximum atomic E-state index is 12.0. The number of nitrogens with one attached hydrogen (secondary N) is 2. The van der Waals surface area contributed by atoms with E-state index < -0.39 is 10.0 Å². The summed E-state index contributed by atoms with van der Waals surface area (Å²) in [5.41, 5.74) is 2.34. The number of methoxy groups -OCH3 is 1. The second-order valence-corrected chi connectivity index (χ2v) is 9.00. The minimum absolute atomic E-state index is 0. The van der Waals surface area contributed by atoms with Crippen LogP contribution in [0.25, 0.3) is 22.4 Å². The summed E-state index contributed by atoms with van der Waals surface area (Å²) in [5, 5.41) is 8.80. The molecular weight excluding hydrogens is 430 g/mol. The van der Waals surface area contributed by atoms with E-state index in [2.05, 4.69) is 25.2 Å². The van der Waals surface area contributed by atoms with Crippen molar-refractivity contribution in [2.45, 2.75) is 4.90 Å². The minimum atomic E-state index is -3.96. The Morgan fingerprint density at radius 1 is 1.20 bits per heavy atom. The lowest BCUT2D eigenvalue weighted by molar-refractivity contribution is 0.403. The molecule has 2 aromatic heterocycles. The molecule has 0 spiro atoms. The number of ether oxygens (including phenoxy) is 1. The first-order valence-electron chi connectivity index (χ1n) is 9.32. The van der Waals surface area contributed by atoms with Crippen molar-refractivity contribution in [2.75, 3.05) is 38.2 Å². The molecule has 1 aromatic carbocycles. The molecule has 2 aliphatic rings. The summed E-state index contributed by atoms with van der Waals surface area (Å²) in [6, 6.07) is 4.80. The van der Waals surface area contributed by atoms with E-state index >= 15 is 0 Å². The molecule has 2 fully saturated rings. The van der Waals surface area contributed by atoms with Gasteiger partial charge in [-0.05, 0) is 30.0 Å². The molecular formula is C18H22ClN7O3S. The Morgan fingerprint density at radius 3 is 2.60 bits per heavy atom. The number of sulfonamides is 1. The standard InChI is InChI=1S/C18H21N7O3S.ClH/c1-28-13-3-2-10(4-14(13)29(19,26)27)15-16-17(22-9-21-16)24-18(23-15)25-7-11-5-20-6-12(11)8-25;/h2-4,9,11-12,20H,5-8H2,1H3,(H2,19,26,27)(H,21,22,23,24);1H. The van der Waals surface area contributed by atoms with Gasteiger partial charge in [0.1, 0.15) is 21.9 Å². The Bertz CT molecular complexity index is 1190. The summed E-state index contributed by atoms with van der Waals surface area (Å²) < 4.78 is 29.2. The molecule has 2 saturated heterocycles. The molecule has 160 valence electrons. The number of fused-ring (bicyclic) bond motifs is 2. The molecule has 2 aliphatic heterocycles. The van der Waals surface area contributed by atoms with Gasteiger partial charge in [-0.25, -0.2) is 23.5 Å². The van der Waals surface area contributed by atoms with Crippen molar-refractivity contribution in [1.82, 2.24) is 25.3 Å². The van der Waals surface area contributed by atoms with E-state index in [1.807, 2.05) is 0 Å². The fourth-order valence-corrected chi connectivity index (χ4v) is 4.96. The lowest BCUT2D eigenvalue weighted by Gasteiger charge is -2.18. The molecule has 4 N–H and O–H groups in total. The van der Waals surface area contributed by atoms with Gasteiger partial charge < -0.3 is 19.9 Å². The van der Waals surface area contributed by atoms with Crippen molar-refractivity contribution in [1.29, 1.82) is 0 Å². The molecule has 0 aliphatic carbocycles. The van der Waals surface area contributed by atoms with Crippen LogP contribution in [0.15, 0.2) is 29.4 Å². The normalized spacial score (nSPS) is 20.9. The van der Waals surface area contributed by atoms with Crippen molar-refractivity contribution in [2.24, 2.45) is 17.0 Å². The smallest absolute Gasteiger partial charge is 0.241 e. The third kappa shape index (κ3) is 3.47. The fourth-order valence-electron chi connectivity index (χ4n) is 4.24. The Hall–Kier alpha value is -2.47. The molecule has 30 heavy (non-hydrogen) atoms. The SMILES string of the molecule is COc1ccc(-c2nc(N3CC4CNCC4C3)nc3nc[nH]c23)cc1S(N)(=O)=O.Cl. The van der Waals surface area contributed by atoms with Crippen LogP contribution in [0.1, 0.15) is 0 Å². The van der Waals surface area contributed by atoms with Crippen LogP contribution < -0.4 is 20.1 Å². The Kier molecular flexibility index (Phi) is 5.30. The predicted molar refractivity (Wildman–Crippen MR) is 114 cm³/mol. The molecule has 4 heterocycles. The largest absolute Gasteiger partial charge is 0.495 e. The average molecular weight is 452 g/mol. The Morgan fingerprint density at radius 2 is 1.93 bits per heavy atom. The van der Waals surface area contributed by atoms with Crippen molar-refractivity contribution in [3.05, 3.63) is 24.5 Å². The topological polar surface area (TPSA) is 139 Å². The van der Waals surface area contributed by atoms with E-state index in [0.717, 1.165) is 26.2 Å². The van der Waals surface area contributed by atoms with Crippen LogP contribution in [0.2, 0.25) is 0 Å². The molecule has 12 heteroatoms. The summed E-state index contributed by atoms with van der Waals surface area (Å²) in [7, 11) is -2.56. The first kappa shape index (κ1) is 20.8. The maximum absolute atomic E-state index is 12.0. The summed E-state index contributed by atoms with van der Waals surface area (Å²) in [6.45, 7) is 3.79. The highest BCUT2D eigenvalue weighted by Gasteiger charge is 2.37. The van der Waals surface area contributed by atoms with Gasteiger partial charge in [0.05, 0.1) is 13.4 Å². The molecule has 10 nitrogen and oxygen atoms in total. The number of aromatic nitrogens is 4. The number of halogens is 1. The molecule has 0 radical (unpaired) electrons. The number of hydrogen-bond acceptors (Lipinski definition) is 8. The van der Waals surface area contributed by atoms with Crippen LogP contribution >= 0.6 is 12.4 Å². The van der Waals surface area contributed by atoms with E-state index in [1.54, 1.807) is 18.5 Å². The highest BCUT2D eigenvalue weighted by atomic mass is 35.5. The number of rotatable bonds is 4. The molecule has 2 atom stereocenters. The van der Waals surface area contributed by atoms with Crippen LogP contribution in [0.5, 0.6) is 5.75 Å². The number of anilines is 1. The molecule has 0 saturated carbocycles. The first-order valence-corrected chi connectivity index (χ1v) is 10.9. The number of primary sulfonamides is 1. The summed E-state index contributed by atoms with van der Waals surface area (Å²) in [5.74, 6) is 1.96. The van der Waals surface area contributed by atoms with E-state index in [1.165, 1.54) is 13.2 Å². The van der Waals surface area contributed by atoms with Gasteiger partial charge in [0.2, 0.25) is 16.0 Å². The van der Waals surface area contributed by atoms with Crippen LogP contribution in [0.3, 0.4) is 0 Å². The van der Waals surface area contributed by atoms with Gasteiger partial charge in [-0.1, -0.05) is 0 Å². The average Bonchev–Trinajstić information content (AvgIpc) is 3.41. The Labute approximate surface area is 179 Å². The van der Waals surface area contributed by atoms with Crippen LogP contribution in [0, 0.1) is 11.8 Å². The second kappa shape index (κ2) is 7.65. The number of imidazole rings is 1. The van der Waals surface area contributed by atoms with E-state index in [0.29, 0.717) is 40.2 Å². The zero-order valence-electron chi connectivity index (χ0n) is 16.2. The monoisotopic (exact) mass is 451 g/mol. The molecule has 0 bridgehead atoms. The first-order chi connectivity index (χ1) is 13.9. The highest BCUT2D eigenvalue weighted by Crippen LogP contribution is 2.34. The van der Waals surface area contributed by atoms with E-state index in [4.69, 9.17) is 14.9 Å². The summed E-state index contributed by atoms with van der Waals surface area (Å²) in [4.78, 5) is 18.8. The number of H-pyrrole nitrogens is 1. The van der Waals surface area contributed by atoms with Crippen molar-refractivity contribution >= 4 is 39.5 Å². The van der Waals surface area contributed by atoms with Gasteiger partial charge in [0.15, 0.2) is 5.65 Å². The summed E-state index contributed by atoms with van der Waals surface area (Å²) in [6.07, 6.45) is 1.55. The fraction of sp³-hybridized carbons (Fsp3) is 0.389. The predicted octanol–water partition coefficient (Wildman–Crippen LogP) is 0.753. The third-order valence-electron chi connectivity index (χ3n) is 5.69. The van der Waals surface area contributed by atoms with Gasteiger partial charge >= 0.3 is 0 Å². The zero-order chi connectivity index (χ0) is 20.2. The van der Waals surface area contributed by atoms with Gasteiger partial charge in [-0.2, -0.15) is 4.98 Å². The van der Waals surface area contributed by atoms with Gasteiger partial charge in [-0.15, -0.1) is 12.4 Å². The Balaban J connectivity index is 0.00000218. The molecule has 0 amide bonds. The number of hydrogen-bond donors (Lipinski definition) is 3. The van der Waals surface area contributed by atoms with Crippen LogP contribution in [-0.2, 0) is 10.0 Å². The number of nitrogens with two attached hydrogens (primary N) is 1. The minimum Gasteiger partial charge on any atom is -0.495 e. The third-order valence-corrected chi connectivity index (χ3v) is 6.62. The molecule has 5 rings (SSSR count). The van der Waals surface area contributed by atoms with Crippen molar-refractivity contribution < 1.29 is 13.2 Å². The quantitative estimate of drug-likeness (QED) is 0.528. The van der Waals surface area contributed by atoms with Crippen LogP contribution in [-0.4, -0.2) is 61.6 Å². The van der Waals surface area contributed by atoms with Gasteiger partial charge in [-0.3, -0.25) is 0 Å². The number of nitrogens with zero attached hydrogens (tertiary/aromatic N) is 4. The second-order valence-electron chi connectivity index (χ2n) is 7.47. The van der Waals surface area contributed by atoms with Crippen LogP contribution in [0.4, 0.5) is 5.95 Å². The maximum Gasteiger partial charge on any atom is 0.241 e.